The van der Waals surface area contributed by atoms with E-state index in [4.69, 9.17) is 65.6 Å². The van der Waals surface area contributed by atoms with Crippen LogP contribution in [-0.2, 0) is 44.7 Å². The van der Waals surface area contributed by atoms with Crippen LogP contribution in [0.25, 0.3) is 21.5 Å². The van der Waals surface area contributed by atoms with Crippen molar-refractivity contribution in [2.24, 2.45) is 15.2 Å². The second-order valence-corrected chi connectivity index (χ2v) is 32.8. The molecule has 1 heterocycles. The van der Waals surface area contributed by atoms with Crippen LogP contribution in [0.15, 0.2) is 194 Å². The molecule has 2 unspecified atom stereocenters. The quantitative estimate of drug-likeness (QED) is 0.00633. The van der Waals surface area contributed by atoms with Gasteiger partial charge in [0, 0.05) is 45.1 Å². The molecule has 1 aliphatic heterocycles. The molecule has 0 spiro atoms. The predicted molar refractivity (Wildman–Crippen MR) is 443 cm³/mol. The van der Waals surface area contributed by atoms with Crippen LogP contribution in [0.5, 0.6) is 34.5 Å². The summed E-state index contributed by atoms with van der Waals surface area (Å²) < 4.78 is 58.8. The number of aromatic hydroxyl groups is 2. The van der Waals surface area contributed by atoms with Crippen LogP contribution in [0.3, 0.4) is 0 Å². The van der Waals surface area contributed by atoms with E-state index in [1.54, 1.807) is 66.7 Å². The van der Waals surface area contributed by atoms with Gasteiger partial charge in [-0.2, -0.15) is 9.45 Å². The highest BCUT2D eigenvalue weighted by atomic mass is 35.5. The van der Waals surface area contributed by atoms with Gasteiger partial charge in [-0.05, 0) is 183 Å². The van der Waals surface area contributed by atoms with Crippen molar-refractivity contribution in [3.63, 3.8) is 0 Å². The van der Waals surface area contributed by atoms with E-state index in [2.05, 4.69) is 101 Å². The molecule has 592 valence electrons. The van der Waals surface area contributed by atoms with E-state index in [-0.39, 0.29) is 82.4 Å². The minimum atomic E-state index is -5.00. The predicted octanol–water partition coefficient (Wildman–Crippen LogP) is 20.4. The number of ether oxygens (including phenoxy) is 3. The number of thioether (sulfide) groups is 1. The number of unbranched alkanes of at least 4 members (excludes halogenated alkanes) is 1. The molecular formula is C83H82Cl4N8O15S3-2. The second kappa shape index (κ2) is 37.5. The lowest BCUT2D eigenvalue weighted by Gasteiger charge is -2.30. The van der Waals surface area contributed by atoms with Crippen molar-refractivity contribution < 1.29 is 71.2 Å². The summed E-state index contributed by atoms with van der Waals surface area (Å²) in [6.07, 6.45) is 3.02. The number of azo groups is 1. The van der Waals surface area contributed by atoms with Gasteiger partial charge in [-0.15, -0.1) is 16.9 Å². The summed E-state index contributed by atoms with van der Waals surface area (Å²) in [6.45, 7) is 23.1. The van der Waals surface area contributed by atoms with Crippen LogP contribution in [0.2, 0.25) is 20.1 Å². The van der Waals surface area contributed by atoms with Crippen LogP contribution < -0.4 is 45.9 Å². The SMILES string of the molecule is CCC(C)(C)c1ccc(OCCCCNC(=O)c2cc(Oc3ccc(N=Nc4c(SOO[O-])cc5cc(S(=O)(=O)[O-])cc(NC(C)=O)c5c4O)cc3)c3ccccc3c2O)c(C(C)(C)CC)c1.CCC(Oc1ccc(C)cc1C)C(=O)Nc1ccccc1SC1C(=O)N(c2c(Cl)cc(Cl)cc2Cl)NC1=Nc1cc(C)ccc1Cl. The smallest absolute Gasteiger partial charge is 0.267 e. The second-order valence-electron chi connectivity index (χ2n) is 27.8. The Labute approximate surface area is 683 Å². The zero-order valence-electron chi connectivity index (χ0n) is 63.4. The number of rotatable bonds is 29. The highest BCUT2D eigenvalue weighted by Crippen LogP contribution is 2.49. The summed E-state index contributed by atoms with van der Waals surface area (Å²) >= 11 is 27.2. The Morgan fingerprint density at radius 3 is 2.05 bits per heavy atom. The standard InChI is InChI=1S/C49H54N4O12S2.C34H30Cl4N4O3S/c1-8-48(4,5)31-16-21-40(38(26-31)49(6,7)9-2)62-23-13-12-22-50-47(57)37-28-41(35-14-10-11-15-36(35)45(37)55)63-33-19-17-32(18-20-33)52-53-44-42(66-65-64-58)25-30-24-34(67(59,60)61)27-39(51-29(3)54)43(30)46(44)56;1-5-27(45-28-13-11-18(2)14-20(28)4)33(43)40-25-8-6-7-9-29(25)46-31-32(39-26-15-19(3)10-12-22(26)36)41-42(34(31)44)30-23(37)16-21(35)17-24(30)38/h10-11,14-21,24-28,55-56,58H,8-9,12-13,22-23H2,1-7H3,(H,50,57)(H,51,54)(H,59,60,61);6-17,27,31H,5H2,1-4H3,(H,39,41)(H,40,43)/p-2. The molecule has 1 aliphatic rings. The normalized spacial score (nSPS) is 13.7. The summed E-state index contributed by atoms with van der Waals surface area (Å²) in [4.78, 5) is 57.7. The molecule has 0 saturated carbocycles. The zero-order valence-corrected chi connectivity index (χ0v) is 68.9. The molecule has 0 aliphatic carbocycles. The Morgan fingerprint density at radius 2 is 1.38 bits per heavy atom. The first-order valence-electron chi connectivity index (χ1n) is 35.8. The molecule has 0 aromatic heterocycles. The minimum absolute atomic E-state index is 0.0160. The molecule has 2 atom stereocenters. The first-order chi connectivity index (χ1) is 53.7. The molecular weight excluding hydrogens is 1590 g/mol. The zero-order chi connectivity index (χ0) is 81.8. The van der Waals surface area contributed by atoms with Gasteiger partial charge in [0.15, 0.2) is 11.9 Å². The van der Waals surface area contributed by atoms with Crippen LogP contribution in [0.4, 0.5) is 34.1 Å². The van der Waals surface area contributed by atoms with Gasteiger partial charge in [-0.25, -0.2) is 18.4 Å². The fraction of sp³-hybridized carbons (Fsp3) is 0.265. The van der Waals surface area contributed by atoms with Gasteiger partial charge in [0.1, 0.15) is 61.3 Å². The number of amides is 4. The highest BCUT2D eigenvalue weighted by molar-refractivity contribution is 8.01. The number of hydrazine groups is 1. The Morgan fingerprint density at radius 1 is 0.708 bits per heavy atom. The molecule has 0 bridgehead atoms. The lowest BCUT2D eigenvalue weighted by molar-refractivity contribution is -0.777. The van der Waals surface area contributed by atoms with E-state index in [0.717, 1.165) is 54.3 Å². The van der Waals surface area contributed by atoms with E-state index < -0.39 is 43.9 Å². The third-order valence-electron chi connectivity index (χ3n) is 18.9. The summed E-state index contributed by atoms with van der Waals surface area (Å²) in [5.41, 5.74) is 9.60. The average molecular weight is 1670 g/mol. The van der Waals surface area contributed by atoms with Crippen LogP contribution >= 0.6 is 70.2 Å². The van der Waals surface area contributed by atoms with Crippen molar-refractivity contribution in [3.8, 4) is 34.5 Å². The fourth-order valence-electron chi connectivity index (χ4n) is 12.0. The van der Waals surface area contributed by atoms with E-state index in [1.165, 1.54) is 52.2 Å². The number of nitrogens with zero attached hydrogens (tertiary/aromatic N) is 4. The molecule has 23 nitrogen and oxygen atoms in total. The lowest BCUT2D eigenvalue weighted by Crippen LogP contribution is -2.36. The first kappa shape index (κ1) is 85.7. The van der Waals surface area contributed by atoms with E-state index in [1.807, 2.05) is 70.2 Å². The number of phenolic OH excluding ortho intramolecular Hbond substituents is 2. The monoisotopic (exact) mass is 1670 g/mol. The van der Waals surface area contributed by atoms with Gasteiger partial charge in [-0.3, -0.25) is 29.6 Å². The number of aliphatic imine (C=N–C) groups is 1. The molecule has 0 radical (unpaired) electrons. The van der Waals surface area contributed by atoms with Crippen molar-refractivity contribution in [2.45, 2.75) is 145 Å². The molecule has 1 fully saturated rings. The number of anilines is 3. The average Bonchev–Trinajstić information content (AvgIpc) is 1.50. The molecule has 30 heteroatoms. The van der Waals surface area contributed by atoms with Crippen molar-refractivity contribution in [1.82, 2.24) is 10.7 Å². The van der Waals surface area contributed by atoms with Crippen LogP contribution in [0.1, 0.15) is 126 Å². The highest BCUT2D eigenvalue weighted by Gasteiger charge is 2.42. The maximum atomic E-state index is 14.1. The van der Waals surface area contributed by atoms with Crippen LogP contribution in [-0.4, -0.2) is 77.2 Å². The summed E-state index contributed by atoms with van der Waals surface area (Å²) in [5.74, 6) is -0.135. The Hall–Kier alpha value is -9.68. The van der Waals surface area contributed by atoms with Gasteiger partial charge < -0.3 is 50.2 Å². The van der Waals surface area contributed by atoms with Gasteiger partial charge >= 0.3 is 0 Å². The number of carbonyl (C=O) groups excluding carboxylic acids is 4. The number of benzene rings is 10. The van der Waals surface area contributed by atoms with E-state index in [0.29, 0.717) is 105 Å². The molecule has 11 rings (SSSR count). The number of carbonyl (C=O) groups is 4. The largest absolute Gasteiger partial charge is 0.744 e. The Kier molecular flexibility index (Phi) is 28.5. The number of fused-ring (bicyclic) bond motifs is 2. The Bertz CT molecular complexity index is 5420. The van der Waals surface area contributed by atoms with Gasteiger partial charge in [0.25, 0.3) is 17.7 Å². The van der Waals surface area contributed by atoms with Crippen molar-refractivity contribution in [2.75, 3.05) is 28.8 Å². The summed E-state index contributed by atoms with van der Waals surface area (Å²) in [7, 11) is -5.00. The van der Waals surface area contributed by atoms with E-state index >= 15 is 0 Å². The lowest BCUT2D eigenvalue weighted by atomic mass is 9.76. The number of amidine groups is 1. The summed E-state index contributed by atoms with van der Waals surface area (Å²) in [5, 5.41) is 55.8. The van der Waals surface area contributed by atoms with E-state index in [9.17, 15) is 47.6 Å². The number of aryl methyl sites for hydroxylation is 3. The number of phenols is 2. The maximum Gasteiger partial charge on any atom is 0.267 e. The number of hydrogen-bond acceptors (Lipinski definition) is 20. The molecule has 4 amide bonds. The van der Waals surface area contributed by atoms with Crippen molar-refractivity contribution in [1.29, 1.82) is 0 Å². The molecule has 113 heavy (non-hydrogen) atoms. The number of hydrogen-bond donors (Lipinski definition) is 6. The van der Waals surface area contributed by atoms with Gasteiger partial charge in [0.2, 0.25) is 5.91 Å². The molecule has 10 aromatic carbocycles. The summed E-state index contributed by atoms with van der Waals surface area (Å²) in [6, 6.07) is 45.8. The van der Waals surface area contributed by atoms with Crippen molar-refractivity contribution in [3.05, 3.63) is 217 Å². The van der Waals surface area contributed by atoms with Gasteiger partial charge in [-0.1, -0.05) is 167 Å². The third kappa shape index (κ3) is 21.0. The fourth-order valence-corrected chi connectivity index (χ4v) is 15.3. The number of halogens is 4. The molecule has 10 aromatic rings. The number of para-hydroxylation sites is 1. The van der Waals surface area contributed by atoms with Crippen molar-refractivity contribution >= 4 is 165 Å². The topological polar surface area (TPSA) is 324 Å². The molecule has 6 N–H and O–H groups in total. The molecule has 1 saturated heterocycles. The first-order valence-corrected chi connectivity index (χ1v) is 40.4. The maximum absolute atomic E-state index is 14.1. The third-order valence-corrected chi connectivity index (χ3v) is 22.7. The minimum Gasteiger partial charge on any atom is -0.744 e. The van der Waals surface area contributed by atoms with Gasteiger partial charge in [0.05, 0.1) is 71.8 Å². The van der Waals surface area contributed by atoms with Crippen LogP contribution in [0, 0.1) is 20.8 Å². The number of nitrogens with one attached hydrogen (secondary N) is 4. The Balaban J connectivity index is 0.000000256.